The van der Waals surface area contributed by atoms with Gasteiger partial charge in [-0.25, -0.2) is 9.59 Å². The van der Waals surface area contributed by atoms with E-state index in [9.17, 15) is 19.8 Å². The Labute approximate surface area is 184 Å². The molecule has 0 spiro atoms. The number of hydrogen-bond donors (Lipinski definition) is 4. The fourth-order valence-electron chi connectivity index (χ4n) is 2.51. The largest absolute Gasteiger partial charge is 0.478 e. The van der Waals surface area contributed by atoms with Crippen LogP contribution in [0.2, 0.25) is 0 Å². The molecule has 0 aromatic heterocycles. The first kappa shape index (κ1) is 28.0. The summed E-state index contributed by atoms with van der Waals surface area (Å²) in [6.07, 6.45) is 6.16. The summed E-state index contributed by atoms with van der Waals surface area (Å²) in [4.78, 5) is 20.4. The molecule has 0 saturated heterocycles. The van der Waals surface area contributed by atoms with E-state index in [1.165, 1.54) is 6.42 Å². The van der Waals surface area contributed by atoms with E-state index in [4.69, 9.17) is 10.2 Å². The van der Waals surface area contributed by atoms with E-state index in [1.807, 2.05) is 0 Å². The Kier molecular flexibility index (Phi) is 16.2. The zero-order valence-electron chi connectivity index (χ0n) is 18.1. The van der Waals surface area contributed by atoms with E-state index >= 15 is 0 Å². The molecule has 0 aliphatic rings. The van der Waals surface area contributed by atoms with Crippen LogP contribution in [0.3, 0.4) is 0 Å². The highest BCUT2D eigenvalue weighted by molar-refractivity contribution is 5.87. The van der Waals surface area contributed by atoms with Gasteiger partial charge in [0.05, 0.1) is 23.3 Å². The summed E-state index contributed by atoms with van der Waals surface area (Å²) in [5.41, 5.74) is 0.662. The summed E-state index contributed by atoms with van der Waals surface area (Å²) in [6.45, 7) is 5.68. The number of unbranched alkanes of at least 4 members (excludes halogenated alkanes) is 2. The molecule has 170 valence electrons. The normalized spacial score (nSPS) is 11.6. The number of carboxylic acid groups (broad SMARTS) is 2. The molecule has 31 heavy (non-hydrogen) atoms. The number of hydrogen-bond acceptors (Lipinski definition) is 4. The number of aliphatic hydroxyl groups is 2. The second-order valence-corrected chi connectivity index (χ2v) is 6.91. The van der Waals surface area contributed by atoms with E-state index in [1.54, 1.807) is 66.7 Å². The quantitative estimate of drug-likeness (QED) is 0.311. The van der Waals surface area contributed by atoms with Gasteiger partial charge in [-0.3, -0.25) is 0 Å². The highest BCUT2D eigenvalue weighted by Crippen LogP contribution is 2.10. The minimum Gasteiger partial charge on any atom is -0.478 e. The summed E-state index contributed by atoms with van der Waals surface area (Å²) in [6, 6.07) is 16.6. The van der Waals surface area contributed by atoms with Gasteiger partial charge in [-0.1, -0.05) is 68.7 Å². The molecule has 6 nitrogen and oxygen atoms in total. The molecule has 2 rings (SSSR count). The maximum atomic E-state index is 10.2. The summed E-state index contributed by atoms with van der Waals surface area (Å²) in [5.74, 6) is -1.76. The lowest BCUT2D eigenvalue weighted by atomic mass is 10.0. The summed E-state index contributed by atoms with van der Waals surface area (Å²) < 4.78 is 0. The molecule has 2 aromatic carbocycles. The van der Waals surface area contributed by atoms with E-state index in [0.717, 1.165) is 19.3 Å². The van der Waals surface area contributed by atoms with Crippen molar-refractivity contribution in [3.63, 3.8) is 0 Å². The van der Waals surface area contributed by atoms with E-state index in [2.05, 4.69) is 13.5 Å². The number of carboxylic acids is 2. The third-order valence-electron chi connectivity index (χ3n) is 4.17. The monoisotopic (exact) mass is 430 g/mol. The van der Waals surface area contributed by atoms with Crippen molar-refractivity contribution < 1.29 is 30.0 Å². The number of carbonyl (C=O) groups is 2. The maximum absolute atomic E-state index is 10.2. The van der Waals surface area contributed by atoms with Crippen LogP contribution < -0.4 is 0 Å². The first-order valence-electron chi connectivity index (χ1n) is 10.3. The predicted octanol–water partition coefficient (Wildman–Crippen LogP) is 5.02. The van der Waals surface area contributed by atoms with E-state index in [-0.39, 0.29) is 6.10 Å². The fraction of sp³-hybridized carbons (Fsp3) is 0.360. The Hall–Kier alpha value is -2.96. The van der Waals surface area contributed by atoms with E-state index < -0.39 is 18.0 Å². The lowest BCUT2D eigenvalue weighted by molar-refractivity contribution is 0.0686. The van der Waals surface area contributed by atoms with Crippen LogP contribution in [-0.4, -0.2) is 44.6 Å². The highest BCUT2D eigenvalue weighted by Gasteiger charge is 2.09. The van der Waals surface area contributed by atoms with Gasteiger partial charge in [-0.05, 0) is 43.5 Å². The Bertz CT molecular complexity index is 681. The Morgan fingerprint density at radius 2 is 1.29 bits per heavy atom. The minimum absolute atomic E-state index is 0.331. The van der Waals surface area contributed by atoms with Gasteiger partial charge in [0.25, 0.3) is 0 Å². The molecule has 0 bridgehead atoms. The van der Waals surface area contributed by atoms with Crippen molar-refractivity contribution in [1.29, 1.82) is 0 Å². The van der Waals surface area contributed by atoms with Crippen LogP contribution in [-0.2, 0) is 0 Å². The first-order valence-corrected chi connectivity index (χ1v) is 10.3. The molecule has 2 atom stereocenters. The average Bonchev–Trinajstić information content (AvgIpc) is 2.76. The van der Waals surface area contributed by atoms with Crippen LogP contribution in [0.4, 0.5) is 0 Å². The van der Waals surface area contributed by atoms with Crippen molar-refractivity contribution in [2.24, 2.45) is 0 Å². The van der Waals surface area contributed by atoms with Gasteiger partial charge in [0.15, 0.2) is 0 Å². The summed E-state index contributed by atoms with van der Waals surface area (Å²) in [7, 11) is 0. The van der Waals surface area contributed by atoms with Crippen LogP contribution in [0, 0.1) is 0 Å². The number of aromatic carboxylic acids is 2. The van der Waals surface area contributed by atoms with Crippen LogP contribution in [0.15, 0.2) is 73.3 Å². The van der Waals surface area contributed by atoms with Gasteiger partial charge in [0.2, 0.25) is 0 Å². The first-order chi connectivity index (χ1) is 14.8. The van der Waals surface area contributed by atoms with Crippen molar-refractivity contribution in [2.75, 3.05) is 0 Å². The molecular formula is C25H34O6. The molecule has 0 fully saturated rings. The molecule has 6 heteroatoms. The van der Waals surface area contributed by atoms with Crippen molar-refractivity contribution in [2.45, 2.75) is 57.7 Å². The van der Waals surface area contributed by atoms with Crippen molar-refractivity contribution >= 4 is 11.9 Å². The van der Waals surface area contributed by atoms with Crippen LogP contribution in [0.1, 0.15) is 66.2 Å². The molecule has 0 aliphatic heterocycles. The molecule has 2 aromatic rings. The molecular weight excluding hydrogens is 396 g/mol. The number of rotatable bonds is 10. The fourth-order valence-corrected chi connectivity index (χ4v) is 2.51. The van der Waals surface area contributed by atoms with Gasteiger partial charge in [0.1, 0.15) is 0 Å². The molecule has 0 saturated carbocycles. The second kappa shape index (κ2) is 17.9. The second-order valence-electron chi connectivity index (χ2n) is 6.91. The smallest absolute Gasteiger partial charge is 0.335 e. The van der Waals surface area contributed by atoms with Crippen LogP contribution in [0.5, 0.6) is 0 Å². The lowest BCUT2D eigenvalue weighted by Gasteiger charge is -2.13. The SMILES string of the molecule is C=CCC(O)CC(O)CCCCC.O=C(O)c1ccccc1.O=C(O)c1ccccc1. The van der Waals surface area contributed by atoms with Gasteiger partial charge in [0, 0.05) is 0 Å². The average molecular weight is 431 g/mol. The van der Waals surface area contributed by atoms with Crippen LogP contribution >= 0.6 is 0 Å². The van der Waals surface area contributed by atoms with Gasteiger partial charge in [-0.2, -0.15) is 0 Å². The van der Waals surface area contributed by atoms with Crippen molar-refractivity contribution in [3.05, 3.63) is 84.4 Å². The van der Waals surface area contributed by atoms with Gasteiger partial charge >= 0.3 is 11.9 Å². The van der Waals surface area contributed by atoms with Gasteiger partial charge < -0.3 is 20.4 Å². The van der Waals surface area contributed by atoms with Crippen molar-refractivity contribution in [3.8, 4) is 0 Å². The minimum atomic E-state index is -0.879. The van der Waals surface area contributed by atoms with Gasteiger partial charge in [-0.15, -0.1) is 6.58 Å². The summed E-state index contributed by atoms with van der Waals surface area (Å²) in [5, 5.41) is 35.6. The van der Waals surface area contributed by atoms with Crippen molar-refractivity contribution in [1.82, 2.24) is 0 Å². The standard InChI is InChI=1S/C11H22O2.2C7H6O2/c1-3-5-6-8-11(13)9-10(12)7-4-2;2*8-7(9)6-4-2-1-3-5-6/h4,10-13H,2-3,5-9H2,1H3;2*1-5H,(H,8,9). The lowest BCUT2D eigenvalue weighted by Crippen LogP contribution is -2.16. The highest BCUT2D eigenvalue weighted by atomic mass is 16.4. The zero-order chi connectivity index (χ0) is 23.5. The summed E-state index contributed by atoms with van der Waals surface area (Å²) >= 11 is 0. The van der Waals surface area contributed by atoms with Crippen LogP contribution in [0.25, 0.3) is 0 Å². The molecule has 0 heterocycles. The maximum Gasteiger partial charge on any atom is 0.335 e. The zero-order valence-corrected chi connectivity index (χ0v) is 18.1. The molecule has 0 radical (unpaired) electrons. The Morgan fingerprint density at radius 1 is 0.839 bits per heavy atom. The Morgan fingerprint density at radius 3 is 1.61 bits per heavy atom. The third-order valence-corrected chi connectivity index (χ3v) is 4.17. The predicted molar refractivity (Wildman–Crippen MR) is 122 cm³/mol. The molecule has 0 amide bonds. The Balaban J connectivity index is 0.000000445. The van der Waals surface area contributed by atoms with E-state index in [0.29, 0.717) is 24.0 Å². The topological polar surface area (TPSA) is 115 Å². The third kappa shape index (κ3) is 15.5. The number of benzene rings is 2. The molecule has 0 aliphatic carbocycles. The number of aliphatic hydroxyl groups excluding tert-OH is 2. The molecule has 2 unspecified atom stereocenters. The molecule has 4 N–H and O–H groups in total.